The molecule has 0 heterocycles. The molecular weight excluding hydrogens is 487 g/mol. The van der Waals surface area contributed by atoms with Crippen molar-refractivity contribution in [3.63, 3.8) is 0 Å². The molecule has 0 radical (unpaired) electrons. The highest BCUT2D eigenvalue weighted by Gasteiger charge is 2.29. The number of carbonyl (C=O) groups excluding carboxylic acids is 2. The van der Waals surface area contributed by atoms with Gasteiger partial charge in [-0.25, -0.2) is 0 Å². The van der Waals surface area contributed by atoms with Gasteiger partial charge < -0.3 is 10.2 Å². The number of nitrogens with one attached hydrogen (secondary N) is 1. The van der Waals surface area contributed by atoms with Crippen molar-refractivity contribution in [3.8, 4) is 0 Å². The largest absolute Gasteiger partial charge is 0.355 e. The van der Waals surface area contributed by atoms with Gasteiger partial charge in [-0.2, -0.15) is 0 Å². The third-order valence-electron chi connectivity index (χ3n) is 5.26. The summed E-state index contributed by atoms with van der Waals surface area (Å²) in [7, 11) is 0. The number of nitrogens with zero attached hydrogens (tertiary/aromatic N) is 1. The highest BCUT2D eigenvalue weighted by atomic mass is 35.5. The topological polar surface area (TPSA) is 49.4 Å². The maximum atomic E-state index is 13.5. The maximum absolute atomic E-state index is 13.5. The van der Waals surface area contributed by atoms with Gasteiger partial charge in [-0.15, -0.1) is 11.8 Å². The van der Waals surface area contributed by atoms with E-state index in [2.05, 4.69) is 5.32 Å². The molecule has 0 saturated heterocycles. The molecule has 178 valence electrons. The Hall–Kier alpha value is -2.47. The number of thioether (sulfide) groups is 1. The predicted molar refractivity (Wildman–Crippen MR) is 141 cm³/mol. The second kappa shape index (κ2) is 13.4. The second-order valence-electron chi connectivity index (χ2n) is 7.80. The Labute approximate surface area is 215 Å². The van der Waals surface area contributed by atoms with Crippen LogP contribution in [0.15, 0.2) is 83.8 Å². The van der Waals surface area contributed by atoms with Gasteiger partial charge in [0.25, 0.3) is 0 Å². The standard InChI is InChI=1S/C27H28Cl2N2O2S/c1-2-30-27(33)25(18-20-7-4-3-5-8-20)31(19-21-9-6-10-23(29)17-21)26(32)15-16-34-24-13-11-22(28)12-14-24/h3-14,17,25H,2,15-16,18-19H2,1H3,(H,30,33). The van der Waals surface area contributed by atoms with E-state index < -0.39 is 6.04 Å². The molecule has 0 fully saturated rings. The molecule has 1 atom stereocenters. The van der Waals surface area contributed by atoms with Crippen LogP contribution in [0.3, 0.4) is 0 Å². The fourth-order valence-electron chi connectivity index (χ4n) is 3.61. The summed E-state index contributed by atoms with van der Waals surface area (Å²) in [5, 5.41) is 4.19. The molecule has 3 aromatic rings. The predicted octanol–water partition coefficient (Wildman–Crippen LogP) is 6.25. The van der Waals surface area contributed by atoms with Crippen molar-refractivity contribution in [1.29, 1.82) is 0 Å². The van der Waals surface area contributed by atoms with Crippen LogP contribution < -0.4 is 5.32 Å². The summed E-state index contributed by atoms with van der Waals surface area (Å²) in [5.41, 5.74) is 1.88. The summed E-state index contributed by atoms with van der Waals surface area (Å²) in [6.45, 7) is 2.68. The van der Waals surface area contributed by atoms with Gasteiger partial charge >= 0.3 is 0 Å². The van der Waals surface area contributed by atoms with E-state index in [1.807, 2.05) is 79.7 Å². The Balaban J connectivity index is 1.81. The minimum absolute atomic E-state index is 0.0753. The lowest BCUT2D eigenvalue weighted by Crippen LogP contribution is -2.50. The van der Waals surface area contributed by atoms with Crippen LogP contribution in [0.4, 0.5) is 0 Å². The SMILES string of the molecule is CCNC(=O)C(Cc1ccccc1)N(Cc1cccc(Cl)c1)C(=O)CCSc1ccc(Cl)cc1. The normalized spacial score (nSPS) is 11.6. The first kappa shape index (κ1) is 26.1. The van der Waals surface area contributed by atoms with Crippen LogP contribution in [0, 0.1) is 0 Å². The third-order valence-corrected chi connectivity index (χ3v) is 6.76. The van der Waals surface area contributed by atoms with Gasteiger partial charge in [0, 0.05) is 46.6 Å². The minimum atomic E-state index is -0.630. The molecule has 1 N–H and O–H groups in total. The van der Waals surface area contributed by atoms with Crippen LogP contribution in [-0.4, -0.2) is 35.1 Å². The van der Waals surface area contributed by atoms with Crippen molar-refractivity contribution in [1.82, 2.24) is 10.2 Å². The van der Waals surface area contributed by atoms with Crippen LogP contribution in [0.25, 0.3) is 0 Å². The van der Waals surface area contributed by atoms with Crippen molar-refractivity contribution in [2.24, 2.45) is 0 Å². The number of likely N-dealkylation sites (N-methyl/N-ethyl adjacent to an activating group) is 1. The summed E-state index contributed by atoms with van der Waals surface area (Å²) >= 11 is 13.8. The highest BCUT2D eigenvalue weighted by Crippen LogP contribution is 2.23. The van der Waals surface area contributed by atoms with E-state index in [1.165, 1.54) is 0 Å². The summed E-state index contributed by atoms with van der Waals surface area (Å²) in [6, 6.07) is 24.1. The number of rotatable bonds is 11. The average Bonchev–Trinajstić information content (AvgIpc) is 2.83. The van der Waals surface area contributed by atoms with Gasteiger partial charge in [-0.05, 0) is 54.4 Å². The van der Waals surface area contributed by atoms with Gasteiger partial charge in [0.15, 0.2) is 0 Å². The van der Waals surface area contributed by atoms with Crippen LogP contribution in [0.1, 0.15) is 24.5 Å². The van der Waals surface area contributed by atoms with Crippen molar-refractivity contribution in [2.45, 2.75) is 37.2 Å². The highest BCUT2D eigenvalue weighted by molar-refractivity contribution is 7.99. The van der Waals surface area contributed by atoms with Crippen molar-refractivity contribution >= 4 is 46.8 Å². The van der Waals surface area contributed by atoms with Gasteiger partial charge in [-0.3, -0.25) is 9.59 Å². The zero-order chi connectivity index (χ0) is 24.3. The molecule has 0 aliphatic heterocycles. The summed E-state index contributed by atoms with van der Waals surface area (Å²) in [5.74, 6) is 0.362. The average molecular weight is 516 g/mol. The first-order valence-electron chi connectivity index (χ1n) is 11.2. The summed E-state index contributed by atoms with van der Waals surface area (Å²) in [6.07, 6.45) is 0.738. The van der Waals surface area contributed by atoms with Crippen LogP contribution in [-0.2, 0) is 22.6 Å². The Morgan fingerprint density at radius 2 is 1.62 bits per heavy atom. The monoisotopic (exact) mass is 514 g/mol. The zero-order valence-corrected chi connectivity index (χ0v) is 21.4. The fourth-order valence-corrected chi connectivity index (χ4v) is 4.79. The first-order valence-corrected chi connectivity index (χ1v) is 12.9. The number of hydrogen-bond acceptors (Lipinski definition) is 3. The third kappa shape index (κ3) is 8.08. The van der Waals surface area contributed by atoms with Gasteiger partial charge in [0.2, 0.25) is 11.8 Å². The smallest absolute Gasteiger partial charge is 0.243 e. The fraction of sp³-hybridized carbons (Fsp3) is 0.259. The molecule has 4 nitrogen and oxygen atoms in total. The van der Waals surface area contributed by atoms with E-state index in [0.29, 0.717) is 41.7 Å². The van der Waals surface area contributed by atoms with E-state index in [4.69, 9.17) is 23.2 Å². The molecule has 1 unspecified atom stereocenters. The van der Waals surface area contributed by atoms with Crippen LogP contribution >= 0.6 is 35.0 Å². The van der Waals surface area contributed by atoms with Crippen LogP contribution in [0.5, 0.6) is 0 Å². The Bertz CT molecular complexity index is 1080. The van der Waals surface area contributed by atoms with Crippen molar-refractivity contribution in [3.05, 3.63) is 100 Å². The number of halogens is 2. The van der Waals surface area contributed by atoms with E-state index in [1.54, 1.807) is 22.7 Å². The van der Waals surface area contributed by atoms with Gasteiger partial charge in [0.1, 0.15) is 6.04 Å². The van der Waals surface area contributed by atoms with Crippen molar-refractivity contribution < 1.29 is 9.59 Å². The Morgan fingerprint density at radius 3 is 2.29 bits per heavy atom. The molecule has 0 bridgehead atoms. The molecule has 0 aromatic heterocycles. The molecule has 0 spiro atoms. The van der Waals surface area contributed by atoms with E-state index in [9.17, 15) is 9.59 Å². The van der Waals surface area contributed by atoms with E-state index >= 15 is 0 Å². The van der Waals surface area contributed by atoms with Crippen LogP contribution in [0.2, 0.25) is 10.0 Å². The minimum Gasteiger partial charge on any atom is -0.355 e. The molecule has 34 heavy (non-hydrogen) atoms. The number of hydrogen-bond donors (Lipinski definition) is 1. The number of carbonyl (C=O) groups is 2. The number of amides is 2. The van der Waals surface area contributed by atoms with E-state index in [-0.39, 0.29) is 11.8 Å². The Kier molecular flexibility index (Phi) is 10.3. The van der Waals surface area contributed by atoms with Gasteiger partial charge in [-0.1, -0.05) is 65.7 Å². The molecule has 0 aliphatic carbocycles. The first-order chi connectivity index (χ1) is 16.5. The lowest BCUT2D eigenvalue weighted by Gasteiger charge is -2.31. The molecule has 2 amide bonds. The molecule has 3 aromatic carbocycles. The maximum Gasteiger partial charge on any atom is 0.243 e. The lowest BCUT2D eigenvalue weighted by atomic mass is 10.0. The quantitative estimate of drug-likeness (QED) is 0.307. The summed E-state index contributed by atoms with van der Waals surface area (Å²) in [4.78, 5) is 29.4. The molecule has 0 aliphatic rings. The number of benzene rings is 3. The van der Waals surface area contributed by atoms with E-state index in [0.717, 1.165) is 16.0 Å². The van der Waals surface area contributed by atoms with Crippen molar-refractivity contribution in [2.75, 3.05) is 12.3 Å². The molecule has 7 heteroatoms. The molecular formula is C27H28Cl2N2O2S. The van der Waals surface area contributed by atoms with Gasteiger partial charge in [0.05, 0.1) is 0 Å². The zero-order valence-electron chi connectivity index (χ0n) is 19.0. The lowest BCUT2D eigenvalue weighted by molar-refractivity contribution is -0.140. The summed E-state index contributed by atoms with van der Waals surface area (Å²) < 4.78 is 0. The second-order valence-corrected chi connectivity index (χ2v) is 9.85. The molecule has 3 rings (SSSR count). The Morgan fingerprint density at radius 1 is 0.912 bits per heavy atom. The molecule has 0 saturated carbocycles.